The quantitative estimate of drug-likeness (QED) is 0.890. The summed E-state index contributed by atoms with van der Waals surface area (Å²) in [6.07, 6.45) is 4.99. The highest BCUT2D eigenvalue weighted by Gasteiger charge is 2.35. The highest BCUT2D eigenvalue weighted by atomic mass is 32.2. The van der Waals surface area contributed by atoms with E-state index in [1.807, 2.05) is 36.7 Å². The van der Waals surface area contributed by atoms with Gasteiger partial charge in [0, 0.05) is 11.6 Å². The van der Waals surface area contributed by atoms with Crippen molar-refractivity contribution in [3.05, 3.63) is 42.1 Å². The van der Waals surface area contributed by atoms with Crippen LogP contribution in [0.25, 0.3) is 10.9 Å². The molecule has 1 fully saturated rings. The van der Waals surface area contributed by atoms with Crippen LogP contribution in [-0.2, 0) is 4.79 Å². The van der Waals surface area contributed by atoms with Crippen molar-refractivity contribution in [2.75, 3.05) is 12.0 Å². The summed E-state index contributed by atoms with van der Waals surface area (Å²) in [7, 11) is 0. The highest BCUT2D eigenvalue weighted by Crippen LogP contribution is 2.38. The Morgan fingerprint density at radius 3 is 2.95 bits per heavy atom. The van der Waals surface area contributed by atoms with E-state index in [-0.39, 0.29) is 24.0 Å². The summed E-state index contributed by atoms with van der Waals surface area (Å²) in [5.41, 5.74) is 1.97. The number of amides is 1. The maximum absolute atomic E-state index is 12.0. The first kappa shape index (κ1) is 15.3. The van der Waals surface area contributed by atoms with Gasteiger partial charge in [-0.2, -0.15) is 11.8 Å². The number of rotatable bonds is 5. The van der Waals surface area contributed by atoms with Crippen molar-refractivity contribution >= 4 is 28.6 Å². The smallest absolute Gasteiger partial charge is 0.230 e. The van der Waals surface area contributed by atoms with Gasteiger partial charge in [-0.3, -0.25) is 9.78 Å². The number of aromatic nitrogens is 1. The van der Waals surface area contributed by atoms with Gasteiger partial charge >= 0.3 is 0 Å². The van der Waals surface area contributed by atoms with Crippen molar-refractivity contribution in [2.24, 2.45) is 5.92 Å². The van der Waals surface area contributed by atoms with Crippen LogP contribution in [0, 0.1) is 5.92 Å². The van der Waals surface area contributed by atoms with Gasteiger partial charge in [0.05, 0.1) is 23.4 Å². The zero-order chi connectivity index (χ0) is 15.5. The average molecular weight is 316 g/mol. The zero-order valence-electron chi connectivity index (χ0n) is 12.5. The summed E-state index contributed by atoms with van der Waals surface area (Å²) >= 11 is 1.51. The second-order valence-corrected chi connectivity index (χ2v) is 6.69. The molecule has 1 aliphatic rings. The lowest BCUT2D eigenvalue weighted by Gasteiger charge is -2.38. The van der Waals surface area contributed by atoms with E-state index in [0.717, 1.165) is 29.3 Å². The van der Waals surface area contributed by atoms with Crippen molar-refractivity contribution < 1.29 is 9.90 Å². The van der Waals surface area contributed by atoms with E-state index >= 15 is 0 Å². The molecule has 116 valence electrons. The zero-order valence-corrected chi connectivity index (χ0v) is 13.3. The Hall–Kier alpha value is -1.59. The molecule has 0 radical (unpaired) electrons. The molecule has 1 unspecified atom stereocenters. The first-order valence-electron chi connectivity index (χ1n) is 7.48. The predicted molar refractivity (Wildman–Crippen MR) is 89.7 cm³/mol. The van der Waals surface area contributed by atoms with E-state index in [1.54, 1.807) is 0 Å². The number of carbonyl (C=O) groups is 1. The number of fused-ring (bicyclic) bond motifs is 1. The number of hydrogen-bond donors (Lipinski definition) is 2. The Kier molecular flexibility index (Phi) is 4.64. The largest absolute Gasteiger partial charge is 0.393 e. The number of nitrogens with zero attached hydrogens (tertiary/aromatic N) is 1. The normalized spacial score (nSPS) is 22.1. The minimum atomic E-state index is -0.238. The number of nitrogens with one attached hydrogen (secondary N) is 1. The third-order valence-electron chi connectivity index (χ3n) is 4.18. The average Bonchev–Trinajstić information content (AvgIpc) is 2.50. The lowest BCUT2D eigenvalue weighted by atomic mass is 9.75. The van der Waals surface area contributed by atoms with Crippen LogP contribution in [0.3, 0.4) is 0 Å². The second-order valence-electron chi connectivity index (χ2n) is 5.82. The lowest BCUT2D eigenvalue weighted by molar-refractivity contribution is -0.120. The van der Waals surface area contributed by atoms with E-state index < -0.39 is 0 Å². The van der Waals surface area contributed by atoms with Crippen molar-refractivity contribution in [1.82, 2.24) is 10.3 Å². The Balaban J connectivity index is 1.87. The molecule has 0 aliphatic heterocycles. The Morgan fingerprint density at radius 2 is 2.23 bits per heavy atom. The maximum Gasteiger partial charge on any atom is 0.230 e. The monoisotopic (exact) mass is 316 g/mol. The Bertz CT molecular complexity index is 671. The van der Waals surface area contributed by atoms with Crippen LogP contribution >= 0.6 is 11.8 Å². The van der Waals surface area contributed by atoms with Gasteiger partial charge in [-0.1, -0.05) is 18.2 Å². The third-order valence-corrected chi connectivity index (χ3v) is 4.73. The van der Waals surface area contributed by atoms with Crippen LogP contribution in [0.1, 0.15) is 24.4 Å². The predicted octanol–water partition coefficient (Wildman–Crippen LogP) is 2.53. The van der Waals surface area contributed by atoms with Gasteiger partial charge in [0.25, 0.3) is 0 Å². The molecule has 1 aromatic heterocycles. The number of hydrogen-bond acceptors (Lipinski definition) is 4. The SMILES string of the molecule is CSCC(=O)NC(c1cnc2ccccc2c1)C1CC(O)C1. The molecule has 2 aromatic rings. The fourth-order valence-electron chi connectivity index (χ4n) is 2.98. The molecule has 5 heteroatoms. The van der Waals surface area contributed by atoms with Crippen LogP contribution in [0.4, 0.5) is 0 Å². The molecule has 1 amide bonds. The number of benzene rings is 1. The molecule has 1 heterocycles. The Morgan fingerprint density at radius 1 is 1.45 bits per heavy atom. The molecule has 4 nitrogen and oxygen atoms in total. The number of pyridine rings is 1. The van der Waals surface area contributed by atoms with Crippen molar-refractivity contribution in [3.63, 3.8) is 0 Å². The lowest BCUT2D eigenvalue weighted by Crippen LogP contribution is -2.42. The van der Waals surface area contributed by atoms with Crippen molar-refractivity contribution in [1.29, 1.82) is 0 Å². The molecule has 1 aliphatic carbocycles. The summed E-state index contributed by atoms with van der Waals surface area (Å²) < 4.78 is 0. The fourth-order valence-corrected chi connectivity index (χ4v) is 3.33. The third kappa shape index (κ3) is 3.25. The van der Waals surface area contributed by atoms with Gasteiger partial charge in [-0.15, -0.1) is 0 Å². The van der Waals surface area contributed by atoms with E-state index in [2.05, 4.69) is 16.4 Å². The van der Waals surface area contributed by atoms with Crippen LogP contribution in [0.15, 0.2) is 36.5 Å². The number of para-hydroxylation sites is 1. The van der Waals surface area contributed by atoms with Gasteiger partial charge in [0.15, 0.2) is 0 Å². The standard InChI is InChI=1S/C17H20N2O2S/c1-22-10-16(21)19-17(12-7-14(20)8-12)13-6-11-4-2-3-5-15(11)18-9-13/h2-6,9,12,14,17,20H,7-8,10H2,1H3,(H,19,21). The summed E-state index contributed by atoms with van der Waals surface area (Å²) in [6.45, 7) is 0. The number of carbonyl (C=O) groups excluding carboxylic acids is 1. The number of aliphatic hydroxyl groups excluding tert-OH is 1. The fraction of sp³-hybridized carbons (Fsp3) is 0.412. The van der Waals surface area contributed by atoms with Gasteiger partial charge in [-0.05, 0) is 42.7 Å². The summed E-state index contributed by atoms with van der Waals surface area (Å²) in [5.74, 6) is 0.767. The molecule has 2 N–H and O–H groups in total. The van der Waals surface area contributed by atoms with Gasteiger partial charge in [0.1, 0.15) is 0 Å². The van der Waals surface area contributed by atoms with Gasteiger partial charge in [0.2, 0.25) is 5.91 Å². The number of aliphatic hydroxyl groups is 1. The van der Waals surface area contributed by atoms with E-state index in [4.69, 9.17) is 0 Å². The molecule has 1 atom stereocenters. The molecule has 0 saturated heterocycles. The molecular formula is C17H20N2O2S. The molecular weight excluding hydrogens is 296 g/mol. The van der Waals surface area contributed by atoms with Crippen molar-refractivity contribution in [3.8, 4) is 0 Å². The summed E-state index contributed by atoms with van der Waals surface area (Å²) in [4.78, 5) is 16.5. The van der Waals surface area contributed by atoms with Crippen LogP contribution in [0.5, 0.6) is 0 Å². The summed E-state index contributed by atoms with van der Waals surface area (Å²) in [6, 6.07) is 9.99. The molecule has 3 rings (SSSR count). The molecule has 1 saturated carbocycles. The first-order valence-corrected chi connectivity index (χ1v) is 8.88. The summed E-state index contributed by atoms with van der Waals surface area (Å²) in [5, 5.41) is 13.8. The van der Waals surface area contributed by atoms with Crippen LogP contribution < -0.4 is 5.32 Å². The van der Waals surface area contributed by atoms with Gasteiger partial charge in [-0.25, -0.2) is 0 Å². The Labute approximate surface area is 134 Å². The molecule has 22 heavy (non-hydrogen) atoms. The van der Waals surface area contributed by atoms with Gasteiger partial charge < -0.3 is 10.4 Å². The minimum Gasteiger partial charge on any atom is -0.393 e. The highest BCUT2D eigenvalue weighted by molar-refractivity contribution is 7.99. The van der Waals surface area contributed by atoms with Crippen LogP contribution in [-0.4, -0.2) is 34.1 Å². The molecule has 0 bridgehead atoms. The van der Waals surface area contributed by atoms with E-state index in [0.29, 0.717) is 5.75 Å². The maximum atomic E-state index is 12.0. The number of thioether (sulfide) groups is 1. The van der Waals surface area contributed by atoms with E-state index in [9.17, 15) is 9.90 Å². The van der Waals surface area contributed by atoms with Crippen LogP contribution in [0.2, 0.25) is 0 Å². The molecule has 1 aromatic carbocycles. The minimum absolute atomic E-state index is 0.0343. The molecule has 0 spiro atoms. The van der Waals surface area contributed by atoms with Crippen molar-refractivity contribution in [2.45, 2.75) is 25.0 Å². The first-order chi connectivity index (χ1) is 10.7. The second kappa shape index (κ2) is 6.67. The van der Waals surface area contributed by atoms with E-state index in [1.165, 1.54) is 11.8 Å². The topological polar surface area (TPSA) is 62.2 Å².